The summed E-state index contributed by atoms with van der Waals surface area (Å²) in [6.07, 6.45) is 9.14. The molecule has 3 aliphatic rings. The lowest BCUT2D eigenvalue weighted by Crippen LogP contribution is -2.45. The number of hydrogen-bond acceptors (Lipinski definition) is 3. The lowest BCUT2D eigenvalue weighted by Gasteiger charge is -2.41. The van der Waals surface area contributed by atoms with E-state index in [1.165, 1.54) is 19.3 Å². The van der Waals surface area contributed by atoms with Gasteiger partial charge in [0.2, 0.25) is 5.91 Å². The zero-order valence-corrected chi connectivity index (χ0v) is 14.3. The molecular formula is C19H25N3O2. The van der Waals surface area contributed by atoms with Crippen LogP contribution in [0.5, 0.6) is 0 Å². The van der Waals surface area contributed by atoms with E-state index in [1.54, 1.807) is 12.4 Å². The molecule has 24 heavy (non-hydrogen) atoms. The predicted octanol–water partition coefficient (Wildman–Crippen LogP) is 2.16. The number of pyridine rings is 1. The van der Waals surface area contributed by atoms with Crippen LogP contribution in [0.15, 0.2) is 18.5 Å². The number of amides is 2. The molecule has 2 heterocycles. The van der Waals surface area contributed by atoms with Crippen molar-refractivity contribution in [2.75, 3.05) is 19.6 Å². The minimum absolute atomic E-state index is 0.00923. The van der Waals surface area contributed by atoms with Crippen LogP contribution in [0.3, 0.4) is 0 Å². The molecule has 1 atom stereocenters. The first-order valence-electron chi connectivity index (χ1n) is 9.06. The minimum atomic E-state index is -0.0493. The summed E-state index contributed by atoms with van der Waals surface area (Å²) in [6, 6.07) is 1.88. The lowest BCUT2D eigenvalue weighted by atomic mass is 9.62. The summed E-state index contributed by atoms with van der Waals surface area (Å²) in [6.45, 7) is 4.00. The molecule has 4 rings (SSSR count). The van der Waals surface area contributed by atoms with Gasteiger partial charge in [-0.25, -0.2) is 0 Å². The highest BCUT2D eigenvalue weighted by Crippen LogP contribution is 2.52. The first-order valence-corrected chi connectivity index (χ1v) is 9.06. The zero-order valence-electron chi connectivity index (χ0n) is 14.3. The SMILES string of the molecule is Cc1cncc(C(=O)N2CC(C(=O)NCC3CC3)C3(CCC3)C2)c1. The van der Waals surface area contributed by atoms with Crippen LogP contribution in [0.4, 0.5) is 0 Å². The number of nitrogens with one attached hydrogen (secondary N) is 1. The van der Waals surface area contributed by atoms with Crippen LogP contribution < -0.4 is 5.32 Å². The molecule has 1 aromatic rings. The Morgan fingerprint density at radius 3 is 2.75 bits per heavy atom. The van der Waals surface area contributed by atoms with Crippen molar-refractivity contribution < 1.29 is 9.59 Å². The van der Waals surface area contributed by atoms with E-state index in [9.17, 15) is 9.59 Å². The van der Waals surface area contributed by atoms with E-state index in [0.717, 1.165) is 24.9 Å². The average Bonchev–Trinajstić information content (AvgIpc) is 3.27. The third-order valence-corrected chi connectivity index (χ3v) is 5.98. The summed E-state index contributed by atoms with van der Waals surface area (Å²) in [7, 11) is 0. The van der Waals surface area contributed by atoms with E-state index in [-0.39, 0.29) is 23.1 Å². The summed E-state index contributed by atoms with van der Waals surface area (Å²) in [5.74, 6) is 0.796. The van der Waals surface area contributed by atoms with Gasteiger partial charge in [-0.1, -0.05) is 6.42 Å². The fraction of sp³-hybridized carbons (Fsp3) is 0.632. The van der Waals surface area contributed by atoms with Crippen molar-refractivity contribution in [1.29, 1.82) is 0 Å². The molecule has 1 N–H and O–H groups in total. The molecule has 1 aromatic heterocycles. The number of hydrogen-bond donors (Lipinski definition) is 1. The number of carbonyl (C=O) groups is 2. The van der Waals surface area contributed by atoms with Gasteiger partial charge < -0.3 is 10.2 Å². The summed E-state index contributed by atoms with van der Waals surface area (Å²) in [5, 5.41) is 3.13. The lowest BCUT2D eigenvalue weighted by molar-refractivity contribution is -0.129. The molecule has 5 heteroatoms. The van der Waals surface area contributed by atoms with Gasteiger partial charge >= 0.3 is 0 Å². The van der Waals surface area contributed by atoms with Crippen LogP contribution in [0.25, 0.3) is 0 Å². The predicted molar refractivity (Wildman–Crippen MR) is 90.4 cm³/mol. The molecule has 1 saturated heterocycles. The second kappa shape index (κ2) is 5.87. The summed E-state index contributed by atoms with van der Waals surface area (Å²) < 4.78 is 0. The standard InChI is InChI=1S/C19H25N3O2/c1-13-7-15(10-20-8-13)18(24)22-11-16(19(12-22)5-2-6-19)17(23)21-9-14-3-4-14/h7-8,10,14,16H,2-6,9,11-12H2,1H3,(H,21,23). The molecule has 1 spiro atoms. The Bertz CT molecular complexity index is 664. The molecule has 0 bridgehead atoms. The van der Waals surface area contributed by atoms with Gasteiger partial charge in [-0.15, -0.1) is 0 Å². The largest absolute Gasteiger partial charge is 0.356 e. The van der Waals surface area contributed by atoms with Crippen LogP contribution in [0, 0.1) is 24.2 Å². The highest BCUT2D eigenvalue weighted by Gasteiger charge is 2.54. The Morgan fingerprint density at radius 1 is 1.33 bits per heavy atom. The van der Waals surface area contributed by atoms with Crippen LogP contribution in [-0.2, 0) is 4.79 Å². The highest BCUT2D eigenvalue weighted by atomic mass is 16.2. The fourth-order valence-electron chi connectivity index (χ4n) is 4.17. The van der Waals surface area contributed by atoms with Crippen molar-refractivity contribution in [2.24, 2.45) is 17.3 Å². The van der Waals surface area contributed by atoms with E-state index in [4.69, 9.17) is 0 Å². The number of nitrogens with zero attached hydrogens (tertiary/aromatic N) is 2. The molecule has 3 fully saturated rings. The van der Waals surface area contributed by atoms with Crippen molar-refractivity contribution in [1.82, 2.24) is 15.2 Å². The molecule has 1 unspecified atom stereocenters. The molecule has 5 nitrogen and oxygen atoms in total. The Balaban J connectivity index is 1.48. The second-order valence-electron chi connectivity index (χ2n) is 7.89. The van der Waals surface area contributed by atoms with E-state index < -0.39 is 0 Å². The molecule has 128 valence electrons. The molecular weight excluding hydrogens is 302 g/mol. The fourth-order valence-corrected chi connectivity index (χ4v) is 4.17. The van der Waals surface area contributed by atoms with Gasteiger partial charge in [0.05, 0.1) is 11.5 Å². The third kappa shape index (κ3) is 2.80. The maximum absolute atomic E-state index is 12.8. The van der Waals surface area contributed by atoms with Gasteiger partial charge in [-0.05, 0) is 50.2 Å². The number of carbonyl (C=O) groups excluding carboxylic acids is 2. The number of rotatable bonds is 4. The van der Waals surface area contributed by atoms with Crippen LogP contribution in [0.2, 0.25) is 0 Å². The first kappa shape index (κ1) is 15.6. The minimum Gasteiger partial charge on any atom is -0.356 e. The number of aromatic nitrogens is 1. The molecule has 0 aromatic carbocycles. The van der Waals surface area contributed by atoms with Crippen LogP contribution in [-0.4, -0.2) is 41.3 Å². The highest BCUT2D eigenvalue weighted by molar-refractivity contribution is 5.95. The third-order valence-electron chi connectivity index (χ3n) is 5.98. The molecule has 2 aliphatic carbocycles. The van der Waals surface area contributed by atoms with Gasteiger partial charge in [0, 0.05) is 37.4 Å². The summed E-state index contributed by atoms with van der Waals surface area (Å²) >= 11 is 0. The van der Waals surface area contributed by atoms with Gasteiger partial charge in [-0.3, -0.25) is 14.6 Å². The molecule has 0 radical (unpaired) electrons. The summed E-state index contributed by atoms with van der Waals surface area (Å²) in [5.41, 5.74) is 1.63. The van der Waals surface area contributed by atoms with Crippen molar-refractivity contribution in [2.45, 2.75) is 39.0 Å². The Hall–Kier alpha value is -1.91. The van der Waals surface area contributed by atoms with E-state index >= 15 is 0 Å². The topological polar surface area (TPSA) is 62.3 Å². The summed E-state index contributed by atoms with van der Waals surface area (Å²) in [4.78, 5) is 31.5. The van der Waals surface area contributed by atoms with Crippen LogP contribution >= 0.6 is 0 Å². The van der Waals surface area contributed by atoms with Gasteiger partial charge in [0.15, 0.2) is 0 Å². The van der Waals surface area contributed by atoms with Crippen LogP contribution in [0.1, 0.15) is 48.0 Å². The van der Waals surface area contributed by atoms with E-state index in [1.807, 2.05) is 17.9 Å². The zero-order chi connectivity index (χ0) is 16.7. The van der Waals surface area contributed by atoms with Crippen molar-refractivity contribution in [3.05, 3.63) is 29.6 Å². The molecule has 2 saturated carbocycles. The molecule has 1 aliphatic heterocycles. The van der Waals surface area contributed by atoms with Crippen molar-refractivity contribution in [3.8, 4) is 0 Å². The number of aryl methyl sites for hydroxylation is 1. The quantitative estimate of drug-likeness (QED) is 0.922. The van der Waals surface area contributed by atoms with Gasteiger partial charge in [0.1, 0.15) is 0 Å². The normalized spacial score (nSPS) is 24.7. The first-order chi connectivity index (χ1) is 11.6. The second-order valence-corrected chi connectivity index (χ2v) is 7.89. The maximum Gasteiger partial charge on any atom is 0.255 e. The maximum atomic E-state index is 12.8. The van der Waals surface area contributed by atoms with E-state index in [0.29, 0.717) is 24.6 Å². The average molecular weight is 327 g/mol. The van der Waals surface area contributed by atoms with Gasteiger partial charge in [0.25, 0.3) is 5.91 Å². The number of likely N-dealkylation sites (tertiary alicyclic amines) is 1. The van der Waals surface area contributed by atoms with Crippen molar-refractivity contribution in [3.63, 3.8) is 0 Å². The Kier molecular flexibility index (Phi) is 3.82. The van der Waals surface area contributed by atoms with E-state index in [2.05, 4.69) is 10.3 Å². The van der Waals surface area contributed by atoms with Gasteiger partial charge in [-0.2, -0.15) is 0 Å². The smallest absolute Gasteiger partial charge is 0.255 e. The van der Waals surface area contributed by atoms with Crippen molar-refractivity contribution >= 4 is 11.8 Å². The monoisotopic (exact) mass is 327 g/mol. The Morgan fingerprint density at radius 2 is 2.12 bits per heavy atom. The molecule has 2 amide bonds. The Labute approximate surface area is 142 Å².